The lowest BCUT2D eigenvalue weighted by atomic mass is 10.1. The second kappa shape index (κ2) is 6.73. The van der Waals surface area contributed by atoms with Gasteiger partial charge in [-0.3, -0.25) is 9.40 Å². The third-order valence-electron chi connectivity index (χ3n) is 3.03. The number of nitrogens with one attached hydrogen (secondary N) is 2. The molecule has 0 aliphatic heterocycles. The number of anilines is 1. The quantitative estimate of drug-likeness (QED) is 0.758. The number of sulfonamides is 1. The van der Waals surface area contributed by atoms with Gasteiger partial charge in [0.05, 0.1) is 4.90 Å². The molecule has 0 amide bonds. The van der Waals surface area contributed by atoms with Crippen molar-refractivity contribution in [3.63, 3.8) is 0 Å². The molecular formula is C14H20N4O2S. The predicted molar refractivity (Wildman–Crippen MR) is 82.7 cm³/mol. The zero-order chi connectivity index (χ0) is 15.3. The van der Waals surface area contributed by atoms with E-state index in [1.807, 2.05) is 12.1 Å². The van der Waals surface area contributed by atoms with Crippen LogP contribution in [-0.2, 0) is 23.5 Å². The predicted octanol–water partition coefficient (Wildman–Crippen LogP) is 1.37. The number of aryl methyl sites for hydroxylation is 1. The van der Waals surface area contributed by atoms with Crippen molar-refractivity contribution in [1.29, 1.82) is 0 Å². The van der Waals surface area contributed by atoms with Crippen LogP contribution >= 0.6 is 0 Å². The number of likely N-dealkylation sites (N-methyl/N-ethyl adjacent to an activating group) is 1. The Bertz CT molecular complexity index is 677. The lowest BCUT2D eigenvalue weighted by Crippen LogP contribution is -2.16. The normalized spacial score (nSPS) is 11.5. The molecule has 21 heavy (non-hydrogen) atoms. The van der Waals surface area contributed by atoms with Gasteiger partial charge in [-0.2, -0.15) is 5.10 Å². The van der Waals surface area contributed by atoms with Gasteiger partial charge in [0.25, 0.3) is 10.0 Å². The molecule has 0 radical (unpaired) electrons. The Balaban J connectivity index is 2.06. The molecule has 0 bridgehead atoms. The van der Waals surface area contributed by atoms with Crippen LogP contribution in [-0.4, -0.2) is 31.3 Å². The largest absolute Gasteiger partial charge is 0.317 e. The van der Waals surface area contributed by atoms with E-state index in [0.717, 1.165) is 25.1 Å². The summed E-state index contributed by atoms with van der Waals surface area (Å²) in [7, 11) is -1.85. The average molecular weight is 308 g/mol. The number of hydrogen-bond donors (Lipinski definition) is 2. The molecule has 0 saturated carbocycles. The van der Waals surface area contributed by atoms with Gasteiger partial charge < -0.3 is 5.32 Å². The highest BCUT2D eigenvalue weighted by Crippen LogP contribution is 2.15. The molecular weight excluding hydrogens is 288 g/mol. The Hall–Kier alpha value is -1.86. The van der Waals surface area contributed by atoms with E-state index < -0.39 is 10.0 Å². The second-order valence-corrected chi connectivity index (χ2v) is 6.41. The minimum absolute atomic E-state index is 0.236. The van der Waals surface area contributed by atoms with Crippen LogP contribution in [0.2, 0.25) is 0 Å². The smallest absolute Gasteiger partial charge is 0.263 e. The molecule has 0 aliphatic carbocycles. The zero-order valence-electron chi connectivity index (χ0n) is 12.2. The van der Waals surface area contributed by atoms with Crippen molar-refractivity contribution < 1.29 is 8.42 Å². The molecule has 2 rings (SSSR count). The number of benzene rings is 1. The SMILES string of the molecule is CCNCCc1ccc(S(=O)(=O)Nc2ccn(C)n2)cc1. The van der Waals surface area contributed by atoms with E-state index in [4.69, 9.17) is 0 Å². The Labute approximate surface area is 125 Å². The maximum Gasteiger partial charge on any atom is 0.263 e. The summed E-state index contributed by atoms with van der Waals surface area (Å²) in [5, 5.41) is 7.24. The third kappa shape index (κ3) is 4.30. The topological polar surface area (TPSA) is 76.0 Å². The van der Waals surface area contributed by atoms with Gasteiger partial charge in [0, 0.05) is 19.3 Å². The fourth-order valence-corrected chi connectivity index (χ4v) is 2.91. The first-order valence-electron chi connectivity index (χ1n) is 6.83. The molecule has 0 aliphatic rings. The van der Waals surface area contributed by atoms with Crippen LogP contribution < -0.4 is 10.0 Å². The first-order chi connectivity index (χ1) is 10.0. The number of rotatable bonds is 7. The average Bonchev–Trinajstić information content (AvgIpc) is 2.84. The van der Waals surface area contributed by atoms with Crippen LogP contribution in [0.5, 0.6) is 0 Å². The first-order valence-corrected chi connectivity index (χ1v) is 8.31. The molecule has 7 heteroatoms. The number of nitrogens with zero attached hydrogens (tertiary/aromatic N) is 2. The molecule has 0 saturated heterocycles. The van der Waals surface area contributed by atoms with Gasteiger partial charge in [-0.15, -0.1) is 0 Å². The highest BCUT2D eigenvalue weighted by Gasteiger charge is 2.15. The molecule has 0 fully saturated rings. The van der Waals surface area contributed by atoms with Gasteiger partial charge in [0.1, 0.15) is 0 Å². The minimum atomic E-state index is -3.58. The molecule has 1 heterocycles. The van der Waals surface area contributed by atoms with Crippen LogP contribution in [0.4, 0.5) is 5.82 Å². The lowest BCUT2D eigenvalue weighted by Gasteiger charge is -2.07. The minimum Gasteiger partial charge on any atom is -0.317 e. The fourth-order valence-electron chi connectivity index (χ4n) is 1.91. The summed E-state index contributed by atoms with van der Waals surface area (Å²) in [6.45, 7) is 3.87. The second-order valence-electron chi connectivity index (χ2n) is 4.73. The van der Waals surface area contributed by atoms with Crippen molar-refractivity contribution in [3.05, 3.63) is 42.1 Å². The van der Waals surface area contributed by atoms with Crippen molar-refractivity contribution in [2.75, 3.05) is 17.8 Å². The molecule has 2 aromatic rings. The van der Waals surface area contributed by atoms with E-state index in [9.17, 15) is 8.42 Å². The summed E-state index contributed by atoms with van der Waals surface area (Å²) in [5.74, 6) is 0.314. The Morgan fingerprint density at radius 1 is 1.19 bits per heavy atom. The summed E-state index contributed by atoms with van der Waals surface area (Å²) in [4.78, 5) is 0.236. The molecule has 6 nitrogen and oxygen atoms in total. The van der Waals surface area contributed by atoms with Gasteiger partial charge >= 0.3 is 0 Å². The summed E-state index contributed by atoms with van der Waals surface area (Å²) in [6.07, 6.45) is 2.56. The fraction of sp³-hybridized carbons (Fsp3) is 0.357. The molecule has 114 valence electrons. The maximum absolute atomic E-state index is 12.2. The number of aromatic nitrogens is 2. The summed E-state index contributed by atoms with van der Waals surface area (Å²) in [6, 6.07) is 8.52. The number of hydrogen-bond acceptors (Lipinski definition) is 4. The van der Waals surface area contributed by atoms with Gasteiger partial charge in [0.2, 0.25) is 0 Å². The molecule has 0 atom stereocenters. The standard InChI is InChI=1S/C14H20N4O2S/c1-3-15-10-8-12-4-6-13(7-5-12)21(19,20)17-14-9-11-18(2)16-14/h4-7,9,11,15H,3,8,10H2,1-2H3,(H,16,17). The lowest BCUT2D eigenvalue weighted by molar-refractivity contribution is 0.601. The van der Waals surface area contributed by atoms with Crippen molar-refractivity contribution >= 4 is 15.8 Å². The van der Waals surface area contributed by atoms with Crippen molar-refractivity contribution in [1.82, 2.24) is 15.1 Å². The summed E-state index contributed by atoms with van der Waals surface area (Å²) >= 11 is 0. The molecule has 0 spiro atoms. The third-order valence-corrected chi connectivity index (χ3v) is 4.40. The van der Waals surface area contributed by atoms with E-state index in [-0.39, 0.29) is 4.90 Å². The van der Waals surface area contributed by atoms with E-state index in [1.165, 1.54) is 0 Å². The Morgan fingerprint density at radius 2 is 1.90 bits per heavy atom. The molecule has 1 aromatic carbocycles. The van der Waals surface area contributed by atoms with Gasteiger partial charge in [-0.25, -0.2) is 8.42 Å². The Kier molecular flexibility index (Phi) is 4.98. The van der Waals surface area contributed by atoms with Crippen LogP contribution in [0.3, 0.4) is 0 Å². The van der Waals surface area contributed by atoms with Crippen molar-refractivity contribution in [2.24, 2.45) is 7.05 Å². The van der Waals surface area contributed by atoms with E-state index >= 15 is 0 Å². The van der Waals surface area contributed by atoms with Crippen molar-refractivity contribution in [3.8, 4) is 0 Å². The summed E-state index contributed by atoms with van der Waals surface area (Å²) < 4.78 is 28.4. The molecule has 1 aromatic heterocycles. The van der Waals surface area contributed by atoms with Gasteiger partial charge in [-0.05, 0) is 37.2 Å². The van der Waals surface area contributed by atoms with Gasteiger partial charge in [0.15, 0.2) is 5.82 Å². The van der Waals surface area contributed by atoms with Crippen LogP contribution in [0.1, 0.15) is 12.5 Å². The maximum atomic E-state index is 12.2. The first kappa shape index (κ1) is 15.5. The van der Waals surface area contributed by atoms with Crippen LogP contribution in [0, 0.1) is 0 Å². The van der Waals surface area contributed by atoms with Crippen molar-refractivity contribution in [2.45, 2.75) is 18.2 Å². The molecule has 0 unspecified atom stereocenters. The highest BCUT2D eigenvalue weighted by molar-refractivity contribution is 7.92. The summed E-state index contributed by atoms with van der Waals surface area (Å²) in [5.41, 5.74) is 1.10. The van der Waals surface area contributed by atoms with Crippen LogP contribution in [0.25, 0.3) is 0 Å². The molecule has 2 N–H and O–H groups in total. The van der Waals surface area contributed by atoms with E-state index in [2.05, 4.69) is 22.1 Å². The highest BCUT2D eigenvalue weighted by atomic mass is 32.2. The monoisotopic (exact) mass is 308 g/mol. The Morgan fingerprint density at radius 3 is 2.48 bits per heavy atom. The van der Waals surface area contributed by atoms with E-state index in [0.29, 0.717) is 5.82 Å². The van der Waals surface area contributed by atoms with Gasteiger partial charge in [-0.1, -0.05) is 19.1 Å². The zero-order valence-corrected chi connectivity index (χ0v) is 13.0. The van der Waals surface area contributed by atoms with E-state index in [1.54, 1.807) is 36.1 Å². The van der Waals surface area contributed by atoms with Crippen LogP contribution in [0.15, 0.2) is 41.4 Å².